The number of unbranched alkanes of at least 4 members (excludes halogenated alkanes) is 1. The lowest BCUT2D eigenvalue weighted by atomic mass is 10.2. The number of aromatic carboxylic acids is 1. The van der Waals surface area contributed by atoms with Gasteiger partial charge in [0.1, 0.15) is 11.3 Å². The Labute approximate surface area is 81.2 Å². The molecule has 1 N–H and O–H groups in total. The zero-order chi connectivity index (χ0) is 10.6. The Hall–Kier alpha value is -1.58. The third-order valence-corrected chi connectivity index (χ3v) is 1.89. The molecule has 1 aromatic heterocycles. The van der Waals surface area contributed by atoms with Crippen molar-refractivity contribution < 1.29 is 14.3 Å². The first kappa shape index (κ1) is 10.5. The van der Waals surface area contributed by atoms with E-state index in [0.29, 0.717) is 12.2 Å². The second-order valence-electron chi connectivity index (χ2n) is 3.01. The number of rotatable bonds is 4. The van der Waals surface area contributed by atoms with E-state index in [4.69, 9.17) is 9.52 Å². The normalized spacial score (nSPS) is 10.1. The van der Waals surface area contributed by atoms with Gasteiger partial charge in [0.25, 0.3) is 0 Å². The van der Waals surface area contributed by atoms with Gasteiger partial charge in [-0.15, -0.1) is 0 Å². The summed E-state index contributed by atoms with van der Waals surface area (Å²) in [5.41, 5.74) is -1.09. The van der Waals surface area contributed by atoms with Gasteiger partial charge in [-0.2, -0.15) is 0 Å². The molecule has 0 saturated carbocycles. The van der Waals surface area contributed by atoms with Crippen LogP contribution in [0, 0.1) is 0 Å². The van der Waals surface area contributed by atoms with Crippen molar-refractivity contribution in [2.75, 3.05) is 0 Å². The SMILES string of the molecule is CCCCc1ccc(C(=O)O)c(=O)o1. The molecule has 0 aliphatic rings. The summed E-state index contributed by atoms with van der Waals surface area (Å²) in [5.74, 6) is -0.706. The van der Waals surface area contributed by atoms with E-state index in [1.165, 1.54) is 6.07 Å². The molecule has 14 heavy (non-hydrogen) atoms. The van der Waals surface area contributed by atoms with Gasteiger partial charge in [-0.3, -0.25) is 0 Å². The molecular weight excluding hydrogens is 184 g/mol. The number of carbonyl (C=O) groups is 1. The van der Waals surface area contributed by atoms with Gasteiger partial charge in [-0.05, 0) is 18.6 Å². The molecule has 76 valence electrons. The molecule has 0 saturated heterocycles. The minimum absolute atomic E-state index is 0.315. The van der Waals surface area contributed by atoms with Crippen LogP contribution in [0.5, 0.6) is 0 Å². The zero-order valence-electron chi connectivity index (χ0n) is 7.95. The minimum Gasteiger partial charge on any atom is -0.477 e. The number of carboxylic acids is 1. The average molecular weight is 196 g/mol. The highest BCUT2D eigenvalue weighted by Crippen LogP contribution is 2.03. The van der Waals surface area contributed by atoms with E-state index in [1.807, 2.05) is 6.92 Å². The first-order chi connectivity index (χ1) is 6.65. The molecule has 0 atom stereocenters. The standard InChI is InChI=1S/C10H12O4/c1-2-3-4-7-5-6-8(9(11)12)10(13)14-7/h5-6H,2-4H2,1H3,(H,11,12). The summed E-state index contributed by atoms with van der Waals surface area (Å²) in [4.78, 5) is 21.6. The Bertz CT molecular complexity index is 378. The lowest BCUT2D eigenvalue weighted by Gasteiger charge is -1.98. The van der Waals surface area contributed by atoms with Crippen LogP contribution in [0.25, 0.3) is 0 Å². The second kappa shape index (κ2) is 4.60. The molecule has 0 unspecified atom stereocenters. The lowest BCUT2D eigenvalue weighted by molar-refractivity contribution is 0.0691. The first-order valence-corrected chi connectivity index (χ1v) is 4.51. The molecule has 1 rings (SSSR count). The Morgan fingerprint density at radius 3 is 2.71 bits per heavy atom. The highest BCUT2D eigenvalue weighted by atomic mass is 16.4. The van der Waals surface area contributed by atoms with Crippen molar-refractivity contribution in [2.24, 2.45) is 0 Å². The molecule has 1 heterocycles. The van der Waals surface area contributed by atoms with Gasteiger partial charge < -0.3 is 9.52 Å². The summed E-state index contributed by atoms with van der Waals surface area (Å²) in [7, 11) is 0. The third kappa shape index (κ3) is 2.45. The van der Waals surface area contributed by atoms with Gasteiger partial charge in [-0.1, -0.05) is 13.3 Å². The molecule has 0 aromatic carbocycles. The van der Waals surface area contributed by atoms with Crippen LogP contribution in [0.4, 0.5) is 0 Å². The van der Waals surface area contributed by atoms with Crippen molar-refractivity contribution in [3.63, 3.8) is 0 Å². The molecule has 0 spiro atoms. The van der Waals surface area contributed by atoms with Crippen LogP contribution in [0.3, 0.4) is 0 Å². The molecule has 0 amide bonds. The van der Waals surface area contributed by atoms with E-state index in [2.05, 4.69) is 0 Å². The summed E-state index contributed by atoms with van der Waals surface area (Å²) in [6, 6.07) is 2.83. The van der Waals surface area contributed by atoms with Crippen molar-refractivity contribution in [1.82, 2.24) is 0 Å². The van der Waals surface area contributed by atoms with Crippen molar-refractivity contribution in [3.8, 4) is 0 Å². The van der Waals surface area contributed by atoms with Crippen LogP contribution in [-0.4, -0.2) is 11.1 Å². The van der Waals surface area contributed by atoms with Gasteiger partial charge in [0, 0.05) is 6.42 Å². The highest BCUT2D eigenvalue weighted by Gasteiger charge is 2.09. The summed E-state index contributed by atoms with van der Waals surface area (Å²) < 4.78 is 4.84. The zero-order valence-corrected chi connectivity index (χ0v) is 7.95. The topological polar surface area (TPSA) is 67.5 Å². The fourth-order valence-corrected chi connectivity index (χ4v) is 1.10. The van der Waals surface area contributed by atoms with E-state index >= 15 is 0 Å². The Morgan fingerprint density at radius 1 is 1.50 bits per heavy atom. The Balaban J connectivity index is 2.89. The van der Waals surface area contributed by atoms with Crippen molar-refractivity contribution in [2.45, 2.75) is 26.2 Å². The van der Waals surface area contributed by atoms with Crippen LogP contribution in [-0.2, 0) is 6.42 Å². The lowest BCUT2D eigenvalue weighted by Crippen LogP contribution is -2.13. The van der Waals surface area contributed by atoms with Crippen LogP contribution in [0.1, 0.15) is 35.9 Å². The maximum atomic E-state index is 11.1. The maximum absolute atomic E-state index is 11.1. The summed E-state index contributed by atoms with van der Waals surface area (Å²) in [5, 5.41) is 8.57. The molecule has 0 radical (unpaired) electrons. The second-order valence-corrected chi connectivity index (χ2v) is 3.01. The molecule has 0 aliphatic heterocycles. The fourth-order valence-electron chi connectivity index (χ4n) is 1.10. The molecule has 0 fully saturated rings. The summed E-state index contributed by atoms with van der Waals surface area (Å²) in [6.45, 7) is 2.03. The minimum atomic E-state index is -1.25. The van der Waals surface area contributed by atoms with Crippen LogP contribution in [0.2, 0.25) is 0 Å². The van der Waals surface area contributed by atoms with E-state index in [9.17, 15) is 9.59 Å². The van der Waals surface area contributed by atoms with Gasteiger partial charge in [0.05, 0.1) is 0 Å². The van der Waals surface area contributed by atoms with Crippen molar-refractivity contribution in [1.29, 1.82) is 0 Å². The van der Waals surface area contributed by atoms with Crippen LogP contribution < -0.4 is 5.63 Å². The van der Waals surface area contributed by atoms with Gasteiger partial charge in [0.15, 0.2) is 0 Å². The first-order valence-electron chi connectivity index (χ1n) is 4.51. The fraction of sp³-hybridized carbons (Fsp3) is 0.400. The van der Waals surface area contributed by atoms with Crippen molar-refractivity contribution in [3.05, 3.63) is 33.9 Å². The van der Waals surface area contributed by atoms with Gasteiger partial charge in [0.2, 0.25) is 0 Å². The van der Waals surface area contributed by atoms with Crippen molar-refractivity contribution >= 4 is 5.97 Å². The van der Waals surface area contributed by atoms with E-state index in [0.717, 1.165) is 12.8 Å². The predicted octanol–water partition coefficient (Wildman–Crippen LogP) is 1.68. The van der Waals surface area contributed by atoms with E-state index in [1.54, 1.807) is 6.07 Å². The van der Waals surface area contributed by atoms with E-state index in [-0.39, 0.29) is 5.56 Å². The predicted molar refractivity (Wildman–Crippen MR) is 50.5 cm³/mol. The molecule has 0 bridgehead atoms. The van der Waals surface area contributed by atoms with Gasteiger partial charge in [-0.25, -0.2) is 9.59 Å². The van der Waals surface area contributed by atoms with Gasteiger partial charge >= 0.3 is 11.6 Å². The molecule has 1 aromatic rings. The number of aryl methyl sites for hydroxylation is 1. The smallest absolute Gasteiger partial charge is 0.350 e. The largest absolute Gasteiger partial charge is 0.477 e. The Morgan fingerprint density at radius 2 is 2.21 bits per heavy atom. The quantitative estimate of drug-likeness (QED) is 0.795. The average Bonchev–Trinajstić information content (AvgIpc) is 2.14. The molecule has 0 aliphatic carbocycles. The van der Waals surface area contributed by atoms with Crippen LogP contribution in [0.15, 0.2) is 21.3 Å². The van der Waals surface area contributed by atoms with Crippen LogP contribution >= 0.6 is 0 Å². The number of hydrogen-bond donors (Lipinski definition) is 1. The summed E-state index contributed by atoms with van der Waals surface area (Å²) >= 11 is 0. The molecule has 4 heteroatoms. The third-order valence-electron chi connectivity index (χ3n) is 1.89. The molecule has 4 nitrogen and oxygen atoms in total. The monoisotopic (exact) mass is 196 g/mol. The van der Waals surface area contributed by atoms with E-state index < -0.39 is 11.6 Å². The number of carboxylic acid groups (broad SMARTS) is 1. The molecular formula is C10H12O4. The highest BCUT2D eigenvalue weighted by molar-refractivity contribution is 5.86. The summed E-state index contributed by atoms with van der Waals surface area (Å²) in [6.07, 6.45) is 2.60. The maximum Gasteiger partial charge on any atom is 0.350 e. The number of hydrogen-bond acceptors (Lipinski definition) is 3. The Kier molecular flexibility index (Phi) is 3.45.